The molecule has 0 saturated heterocycles. The van der Waals surface area contributed by atoms with Crippen molar-refractivity contribution in [3.8, 4) is 0 Å². The van der Waals surface area contributed by atoms with E-state index in [1.54, 1.807) is 0 Å². The Kier molecular flexibility index (Phi) is 2.74. The molecule has 0 spiro atoms. The Bertz CT molecular complexity index is 246. The Balaban J connectivity index is 2.82. The minimum Gasteiger partial charge on any atom is -0.512 e. The summed E-state index contributed by atoms with van der Waals surface area (Å²) in [6, 6.07) is 0. The van der Waals surface area contributed by atoms with Gasteiger partial charge in [0.1, 0.15) is 0 Å². The van der Waals surface area contributed by atoms with Crippen molar-refractivity contribution in [1.29, 1.82) is 0 Å². The van der Waals surface area contributed by atoms with Crippen molar-refractivity contribution in [2.24, 2.45) is 5.92 Å². The Morgan fingerprint density at radius 2 is 2.42 bits per heavy atom. The molecule has 1 unspecified atom stereocenters. The fraction of sp³-hybridized carbons (Fsp3) is 0.455. The predicted molar refractivity (Wildman–Crippen MR) is 52.0 cm³/mol. The third kappa shape index (κ3) is 1.79. The highest BCUT2D eigenvalue weighted by Crippen LogP contribution is 2.28. The van der Waals surface area contributed by atoms with Crippen LogP contribution >= 0.6 is 0 Å². The van der Waals surface area contributed by atoms with Gasteiger partial charge < -0.3 is 5.11 Å². The van der Waals surface area contributed by atoms with E-state index in [9.17, 15) is 5.11 Å². The minimum atomic E-state index is 0.282. The third-order valence-corrected chi connectivity index (χ3v) is 2.27. The molecule has 0 fully saturated rings. The zero-order chi connectivity index (χ0) is 9.14. The molecule has 0 aliphatic heterocycles. The lowest BCUT2D eigenvalue weighted by Crippen LogP contribution is -2.07. The van der Waals surface area contributed by atoms with E-state index < -0.39 is 0 Å². The number of hydrogen-bond acceptors (Lipinski definition) is 1. The largest absolute Gasteiger partial charge is 0.512 e. The van der Waals surface area contributed by atoms with Crippen LogP contribution < -0.4 is 0 Å². The van der Waals surface area contributed by atoms with Gasteiger partial charge in [0.15, 0.2) is 0 Å². The number of aliphatic hydroxyl groups excluding tert-OH is 1. The minimum absolute atomic E-state index is 0.282. The van der Waals surface area contributed by atoms with Crippen LogP contribution in [0.15, 0.2) is 35.6 Å². The molecule has 1 nitrogen and oxygen atoms in total. The molecule has 0 amide bonds. The molecule has 1 aliphatic carbocycles. The second-order valence-corrected chi connectivity index (χ2v) is 3.47. The Morgan fingerprint density at radius 3 is 2.92 bits per heavy atom. The summed E-state index contributed by atoms with van der Waals surface area (Å²) in [5, 5.41) is 9.54. The highest BCUT2D eigenvalue weighted by atomic mass is 16.3. The average Bonchev–Trinajstić information content (AvgIpc) is 2.01. The zero-order valence-electron chi connectivity index (χ0n) is 7.80. The highest BCUT2D eigenvalue weighted by Gasteiger charge is 2.16. The molecule has 1 aliphatic rings. The molecule has 1 heteroatoms. The van der Waals surface area contributed by atoms with Crippen LogP contribution in [0.3, 0.4) is 0 Å². The molecule has 0 saturated carbocycles. The first-order valence-electron chi connectivity index (χ1n) is 4.35. The van der Waals surface area contributed by atoms with Crippen LogP contribution in [0.5, 0.6) is 0 Å². The molecule has 1 atom stereocenters. The second-order valence-electron chi connectivity index (χ2n) is 3.47. The van der Waals surface area contributed by atoms with Gasteiger partial charge in [-0.15, -0.1) is 6.58 Å². The number of allylic oxidation sites excluding steroid dienone is 5. The van der Waals surface area contributed by atoms with Crippen molar-refractivity contribution in [2.75, 3.05) is 0 Å². The van der Waals surface area contributed by atoms with Crippen LogP contribution in [-0.2, 0) is 0 Å². The fourth-order valence-electron chi connectivity index (χ4n) is 1.65. The second kappa shape index (κ2) is 3.61. The fourth-order valence-corrected chi connectivity index (χ4v) is 1.65. The van der Waals surface area contributed by atoms with E-state index >= 15 is 0 Å². The third-order valence-electron chi connectivity index (χ3n) is 2.27. The highest BCUT2D eigenvalue weighted by molar-refractivity contribution is 5.31. The molecule has 1 N–H and O–H groups in total. The van der Waals surface area contributed by atoms with Gasteiger partial charge in [-0.05, 0) is 25.3 Å². The van der Waals surface area contributed by atoms with E-state index in [0.717, 1.165) is 18.4 Å². The summed E-state index contributed by atoms with van der Waals surface area (Å²) in [5.74, 6) is 0.827. The normalized spacial score (nSPS) is 23.8. The van der Waals surface area contributed by atoms with Gasteiger partial charge in [0, 0.05) is 5.92 Å². The maximum Gasteiger partial charge on any atom is 0.0982 e. The van der Waals surface area contributed by atoms with Crippen molar-refractivity contribution >= 4 is 0 Å². The average molecular weight is 164 g/mol. The van der Waals surface area contributed by atoms with E-state index in [1.165, 1.54) is 5.57 Å². The van der Waals surface area contributed by atoms with Gasteiger partial charge in [-0.25, -0.2) is 0 Å². The molecule has 0 radical (unpaired) electrons. The van der Waals surface area contributed by atoms with Crippen LogP contribution in [0.1, 0.15) is 26.7 Å². The molecule has 12 heavy (non-hydrogen) atoms. The molecule has 0 aromatic rings. The maximum atomic E-state index is 9.54. The van der Waals surface area contributed by atoms with Gasteiger partial charge in [0.2, 0.25) is 0 Å². The number of hydrogen-bond donors (Lipinski definition) is 1. The van der Waals surface area contributed by atoms with E-state index in [2.05, 4.69) is 19.6 Å². The van der Waals surface area contributed by atoms with E-state index in [4.69, 9.17) is 0 Å². The van der Waals surface area contributed by atoms with Crippen molar-refractivity contribution in [1.82, 2.24) is 0 Å². The topological polar surface area (TPSA) is 20.2 Å². The standard InChI is InChI=1S/C11H16O/c1-4-5-10-6-8(2)11(12)9(3)7-10/h4,6,9,12H,1,5,7H2,2-3H3. The van der Waals surface area contributed by atoms with Gasteiger partial charge in [0.05, 0.1) is 5.76 Å². The van der Waals surface area contributed by atoms with E-state index in [1.807, 2.05) is 13.0 Å². The molecular weight excluding hydrogens is 148 g/mol. The molecule has 1 rings (SSSR count). The summed E-state index contributed by atoms with van der Waals surface area (Å²) < 4.78 is 0. The van der Waals surface area contributed by atoms with Gasteiger partial charge in [-0.3, -0.25) is 0 Å². The number of aliphatic hydroxyl groups is 1. The van der Waals surface area contributed by atoms with Crippen molar-refractivity contribution in [2.45, 2.75) is 26.7 Å². The van der Waals surface area contributed by atoms with Crippen LogP contribution in [0.2, 0.25) is 0 Å². The lowest BCUT2D eigenvalue weighted by molar-refractivity contribution is 0.329. The van der Waals surface area contributed by atoms with Crippen molar-refractivity contribution < 1.29 is 5.11 Å². The van der Waals surface area contributed by atoms with Gasteiger partial charge in [-0.1, -0.05) is 24.6 Å². The smallest absolute Gasteiger partial charge is 0.0982 e. The van der Waals surface area contributed by atoms with Crippen LogP contribution in [0.25, 0.3) is 0 Å². The summed E-state index contributed by atoms with van der Waals surface area (Å²) >= 11 is 0. The summed E-state index contributed by atoms with van der Waals surface area (Å²) in [6.45, 7) is 7.71. The first-order valence-corrected chi connectivity index (χ1v) is 4.35. The van der Waals surface area contributed by atoms with Crippen LogP contribution in [0, 0.1) is 5.92 Å². The predicted octanol–water partition coefficient (Wildman–Crippen LogP) is 3.36. The molecular formula is C11H16O. The summed E-state index contributed by atoms with van der Waals surface area (Å²) in [7, 11) is 0. The maximum absolute atomic E-state index is 9.54. The van der Waals surface area contributed by atoms with Crippen molar-refractivity contribution in [3.05, 3.63) is 35.6 Å². The van der Waals surface area contributed by atoms with E-state index in [-0.39, 0.29) is 5.92 Å². The Morgan fingerprint density at radius 1 is 1.75 bits per heavy atom. The Labute approximate surface area is 74.1 Å². The monoisotopic (exact) mass is 164 g/mol. The van der Waals surface area contributed by atoms with E-state index in [0.29, 0.717) is 5.76 Å². The lowest BCUT2D eigenvalue weighted by Gasteiger charge is -2.19. The number of rotatable bonds is 2. The van der Waals surface area contributed by atoms with Crippen LogP contribution in [-0.4, -0.2) is 5.11 Å². The molecule has 0 aromatic heterocycles. The zero-order valence-corrected chi connectivity index (χ0v) is 7.80. The Hall–Kier alpha value is -0.980. The quantitative estimate of drug-likeness (QED) is 0.620. The summed E-state index contributed by atoms with van der Waals surface area (Å²) in [6.07, 6.45) is 5.88. The lowest BCUT2D eigenvalue weighted by atomic mass is 9.89. The van der Waals surface area contributed by atoms with Gasteiger partial charge >= 0.3 is 0 Å². The molecule has 0 aromatic carbocycles. The van der Waals surface area contributed by atoms with Crippen LogP contribution in [0.4, 0.5) is 0 Å². The summed E-state index contributed by atoms with van der Waals surface area (Å²) in [4.78, 5) is 0. The summed E-state index contributed by atoms with van der Waals surface area (Å²) in [5.41, 5.74) is 2.37. The van der Waals surface area contributed by atoms with Crippen molar-refractivity contribution in [3.63, 3.8) is 0 Å². The van der Waals surface area contributed by atoms with Gasteiger partial charge in [0.25, 0.3) is 0 Å². The molecule has 0 heterocycles. The molecule has 0 bridgehead atoms. The first kappa shape index (κ1) is 9.11. The SMILES string of the molecule is C=CCC1=CC(C)=C(O)C(C)C1. The van der Waals surface area contributed by atoms with Gasteiger partial charge in [-0.2, -0.15) is 0 Å². The molecule has 66 valence electrons. The first-order chi connectivity index (χ1) is 5.65.